The number of ether oxygens (including phenoxy) is 2. The molecular formula is C31H26N2O4. The van der Waals surface area contributed by atoms with Crippen molar-refractivity contribution in [2.24, 2.45) is 4.99 Å². The summed E-state index contributed by atoms with van der Waals surface area (Å²) in [6.07, 6.45) is 3.73. The third-order valence-corrected chi connectivity index (χ3v) is 5.86. The van der Waals surface area contributed by atoms with Crippen LogP contribution in [0.2, 0.25) is 0 Å². The van der Waals surface area contributed by atoms with Crippen LogP contribution < -0.4 is 9.47 Å². The number of benzene rings is 4. The Kier molecular flexibility index (Phi) is 7.27. The molecule has 0 bridgehead atoms. The van der Waals surface area contributed by atoms with Gasteiger partial charge in [0.15, 0.2) is 17.2 Å². The van der Waals surface area contributed by atoms with Crippen molar-refractivity contribution in [2.45, 2.75) is 19.6 Å². The molecule has 4 aromatic carbocycles. The monoisotopic (exact) mass is 490 g/mol. The minimum Gasteiger partial charge on any atom is -0.507 e. The van der Waals surface area contributed by atoms with E-state index in [1.54, 1.807) is 24.5 Å². The van der Waals surface area contributed by atoms with Crippen molar-refractivity contribution in [3.8, 4) is 23.0 Å². The van der Waals surface area contributed by atoms with Gasteiger partial charge in [0.25, 0.3) is 0 Å². The Morgan fingerprint density at radius 2 is 1.38 bits per heavy atom. The highest BCUT2D eigenvalue weighted by molar-refractivity contribution is 5.94. The molecule has 0 aliphatic carbocycles. The number of phenols is 2. The molecule has 37 heavy (non-hydrogen) atoms. The summed E-state index contributed by atoms with van der Waals surface area (Å²) in [5.41, 5.74) is 3.66. The van der Waals surface area contributed by atoms with Gasteiger partial charge >= 0.3 is 0 Å². The fourth-order valence-electron chi connectivity index (χ4n) is 3.93. The van der Waals surface area contributed by atoms with E-state index in [-0.39, 0.29) is 17.2 Å². The van der Waals surface area contributed by atoms with Crippen molar-refractivity contribution in [1.82, 2.24) is 4.98 Å². The predicted molar refractivity (Wildman–Crippen MR) is 145 cm³/mol. The van der Waals surface area contributed by atoms with E-state index in [2.05, 4.69) is 9.98 Å². The van der Waals surface area contributed by atoms with Crippen LogP contribution in [0.4, 0.5) is 5.69 Å². The minimum absolute atomic E-state index is 0.0181. The Balaban J connectivity index is 1.35. The van der Waals surface area contributed by atoms with Gasteiger partial charge in [-0.3, -0.25) is 9.98 Å². The number of hydrogen-bond donors (Lipinski definition) is 2. The molecule has 5 rings (SSSR count). The molecule has 0 spiro atoms. The van der Waals surface area contributed by atoms with E-state index in [0.29, 0.717) is 42.0 Å². The normalized spacial score (nSPS) is 11.1. The van der Waals surface area contributed by atoms with Crippen LogP contribution in [0.5, 0.6) is 23.0 Å². The van der Waals surface area contributed by atoms with Gasteiger partial charge in [0.05, 0.1) is 0 Å². The van der Waals surface area contributed by atoms with Crippen LogP contribution in [0.25, 0.3) is 10.9 Å². The molecule has 0 radical (unpaired) electrons. The molecular weight excluding hydrogens is 464 g/mol. The van der Waals surface area contributed by atoms with Crippen molar-refractivity contribution in [3.63, 3.8) is 0 Å². The predicted octanol–water partition coefficient (Wildman–Crippen LogP) is 6.75. The molecule has 0 atom stereocenters. The lowest BCUT2D eigenvalue weighted by Gasteiger charge is -2.14. The van der Waals surface area contributed by atoms with E-state index in [9.17, 15) is 10.2 Å². The van der Waals surface area contributed by atoms with Gasteiger partial charge in [-0.15, -0.1) is 0 Å². The highest BCUT2D eigenvalue weighted by Gasteiger charge is 2.12. The summed E-state index contributed by atoms with van der Waals surface area (Å²) in [7, 11) is 0. The summed E-state index contributed by atoms with van der Waals surface area (Å²) in [5, 5.41) is 21.3. The lowest BCUT2D eigenvalue weighted by atomic mass is 10.1. The van der Waals surface area contributed by atoms with Gasteiger partial charge in [0.1, 0.15) is 30.2 Å². The van der Waals surface area contributed by atoms with Crippen LogP contribution in [-0.4, -0.2) is 21.4 Å². The highest BCUT2D eigenvalue weighted by atomic mass is 16.5. The SMILES string of the molecule is Oc1cc(N=CCc2ccc(OCc3ccccc3)c(OCc3ccccc3)c2)c(O)c2ncccc12. The number of pyridine rings is 1. The first-order valence-corrected chi connectivity index (χ1v) is 12.0. The first-order chi connectivity index (χ1) is 18.2. The number of hydrogen-bond acceptors (Lipinski definition) is 6. The quantitative estimate of drug-likeness (QED) is 0.176. The lowest BCUT2D eigenvalue weighted by molar-refractivity contribution is 0.256. The van der Waals surface area contributed by atoms with Gasteiger partial charge in [0.2, 0.25) is 0 Å². The summed E-state index contributed by atoms with van der Waals surface area (Å²) in [4.78, 5) is 8.55. The Morgan fingerprint density at radius 3 is 2.08 bits per heavy atom. The molecule has 6 heteroatoms. The van der Waals surface area contributed by atoms with E-state index in [0.717, 1.165) is 16.7 Å². The molecule has 0 fully saturated rings. The summed E-state index contributed by atoms with van der Waals surface area (Å²) in [6.45, 7) is 0.847. The maximum absolute atomic E-state index is 10.6. The summed E-state index contributed by atoms with van der Waals surface area (Å²) >= 11 is 0. The van der Waals surface area contributed by atoms with Crippen LogP contribution in [0.3, 0.4) is 0 Å². The molecule has 6 nitrogen and oxygen atoms in total. The Bertz CT molecular complexity index is 1520. The molecule has 0 aliphatic rings. The summed E-state index contributed by atoms with van der Waals surface area (Å²) in [6, 6.07) is 30.6. The summed E-state index contributed by atoms with van der Waals surface area (Å²) < 4.78 is 12.2. The zero-order chi connectivity index (χ0) is 25.5. The second-order valence-corrected chi connectivity index (χ2v) is 8.51. The van der Waals surface area contributed by atoms with Crippen molar-refractivity contribution >= 4 is 22.8 Å². The Morgan fingerprint density at radius 1 is 0.703 bits per heavy atom. The average molecular weight is 491 g/mol. The molecule has 0 amide bonds. The number of phenolic OH excluding ortho intramolecular Hbond substituents is 2. The van der Waals surface area contributed by atoms with Gasteiger partial charge in [0, 0.05) is 30.3 Å². The van der Waals surface area contributed by atoms with Crippen LogP contribution >= 0.6 is 0 Å². The highest BCUT2D eigenvalue weighted by Crippen LogP contribution is 2.39. The van der Waals surface area contributed by atoms with Gasteiger partial charge in [-0.05, 0) is 41.0 Å². The van der Waals surface area contributed by atoms with Crippen molar-refractivity contribution in [2.75, 3.05) is 0 Å². The molecule has 0 aliphatic heterocycles. The lowest BCUT2D eigenvalue weighted by Crippen LogP contribution is -2.01. The van der Waals surface area contributed by atoms with E-state index in [1.807, 2.05) is 78.9 Å². The largest absolute Gasteiger partial charge is 0.507 e. The second kappa shape index (κ2) is 11.3. The molecule has 1 aromatic heterocycles. The van der Waals surface area contributed by atoms with Gasteiger partial charge in [-0.1, -0.05) is 66.7 Å². The topological polar surface area (TPSA) is 84.2 Å². The number of nitrogens with zero attached hydrogens (tertiary/aromatic N) is 2. The second-order valence-electron chi connectivity index (χ2n) is 8.51. The van der Waals surface area contributed by atoms with Gasteiger partial charge in [-0.2, -0.15) is 0 Å². The van der Waals surface area contributed by atoms with E-state index >= 15 is 0 Å². The van der Waals surface area contributed by atoms with E-state index < -0.39 is 0 Å². The first kappa shape index (κ1) is 23.9. The van der Waals surface area contributed by atoms with Crippen LogP contribution in [0.15, 0.2) is 108 Å². The maximum atomic E-state index is 10.6. The van der Waals surface area contributed by atoms with Crippen molar-refractivity contribution < 1.29 is 19.7 Å². The number of rotatable bonds is 9. The Hall–Kier alpha value is -4.84. The molecule has 0 saturated heterocycles. The average Bonchev–Trinajstić information content (AvgIpc) is 2.95. The molecule has 0 saturated carbocycles. The molecule has 2 N–H and O–H groups in total. The van der Waals surface area contributed by atoms with Crippen LogP contribution in [0, 0.1) is 0 Å². The van der Waals surface area contributed by atoms with Crippen LogP contribution in [-0.2, 0) is 19.6 Å². The number of aromatic hydroxyl groups is 2. The number of aliphatic imine (C=N–C) groups is 1. The molecule has 1 heterocycles. The molecule has 0 unspecified atom stereocenters. The van der Waals surface area contributed by atoms with Gasteiger partial charge < -0.3 is 19.7 Å². The first-order valence-electron chi connectivity index (χ1n) is 12.0. The maximum Gasteiger partial charge on any atom is 0.168 e. The summed E-state index contributed by atoms with van der Waals surface area (Å²) in [5.74, 6) is 1.25. The molecule has 184 valence electrons. The van der Waals surface area contributed by atoms with Crippen LogP contribution in [0.1, 0.15) is 16.7 Å². The molecule has 5 aromatic rings. The number of fused-ring (bicyclic) bond motifs is 1. The van der Waals surface area contributed by atoms with Gasteiger partial charge in [-0.25, -0.2) is 0 Å². The standard InChI is InChI=1S/C31H26N2O4/c34-27-19-26(31(35)30-25(27)12-7-16-33-30)32-17-15-22-13-14-28(36-20-23-8-3-1-4-9-23)29(18-22)37-21-24-10-5-2-6-11-24/h1-14,16-19,34-35H,15,20-21H2. The zero-order valence-corrected chi connectivity index (χ0v) is 20.1. The third-order valence-electron chi connectivity index (χ3n) is 5.86. The van der Waals surface area contributed by atoms with Crippen molar-refractivity contribution in [3.05, 3.63) is 120 Å². The zero-order valence-electron chi connectivity index (χ0n) is 20.1. The third kappa shape index (κ3) is 5.87. The number of aromatic nitrogens is 1. The Labute approximate surface area is 215 Å². The van der Waals surface area contributed by atoms with E-state index in [4.69, 9.17) is 9.47 Å². The van der Waals surface area contributed by atoms with Crippen molar-refractivity contribution in [1.29, 1.82) is 0 Å². The minimum atomic E-state index is -0.0683. The fourth-order valence-corrected chi connectivity index (χ4v) is 3.93. The smallest absolute Gasteiger partial charge is 0.168 e. The van der Waals surface area contributed by atoms with E-state index in [1.165, 1.54) is 6.07 Å². The fraction of sp³-hybridized carbons (Fsp3) is 0.0968.